The molecule has 2 unspecified atom stereocenters. The molecule has 0 bridgehead atoms. The van der Waals surface area contributed by atoms with Crippen molar-refractivity contribution in [3.63, 3.8) is 0 Å². The second-order valence-corrected chi connectivity index (χ2v) is 5.59. The van der Waals surface area contributed by atoms with Crippen molar-refractivity contribution in [2.75, 3.05) is 6.54 Å². The van der Waals surface area contributed by atoms with Crippen LogP contribution in [0.5, 0.6) is 0 Å². The van der Waals surface area contributed by atoms with Gasteiger partial charge in [0.25, 0.3) is 5.91 Å². The maximum Gasteiger partial charge on any atom is 0.254 e. The summed E-state index contributed by atoms with van der Waals surface area (Å²) in [5.74, 6) is -0.0801. The van der Waals surface area contributed by atoms with Gasteiger partial charge in [0.2, 0.25) is 0 Å². The quantitative estimate of drug-likeness (QED) is 0.865. The zero-order chi connectivity index (χ0) is 12.6. The molecule has 92 valence electrons. The van der Waals surface area contributed by atoms with Gasteiger partial charge in [0, 0.05) is 22.6 Å². The van der Waals surface area contributed by atoms with Crippen molar-refractivity contribution < 1.29 is 9.90 Å². The van der Waals surface area contributed by atoms with Gasteiger partial charge in [-0.15, -0.1) is 0 Å². The number of carbonyl (C=O) groups is 1. The number of rotatable bonds is 1. The number of aliphatic hydroxyl groups is 1. The fourth-order valence-corrected chi connectivity index (χ4v) is 2.51. The van der Waals surface area contributed by atoms with E-state index in [1.165, 1.54) is 0 Å². The van der Waals surface area contributed by atoms with Crippen LogP contribution in [0.3, 0.4) is 0 Å². The highest BCUT2D eigenvalue weighted by Gasteiger charge is 2.31. The number of hydrogen-bond donors (Lipinski definition) is 1. The Hall–Kier alpha value is -0.580. The van der Waals surface area contributed by atoms with E-state index >= 15 is 0 Å². The second kappa shape index (κ2) is 4.96. The van der Waals surface area contributed by atoms with E-state index < -0.39 is 6.10 Å². The topological polar surface area (TPSA) is 40.5 Å². The molecule has 0 saturated carbocycles. The number of nitrogens with zero attached hydrogens (tertiary/aromatic N) is 1. The normalized spacial score (nSPS) is 24.1. The maximum atomic E-state index is 12.2. The number of β-amino-alcohol motifs (C(OH)–C–C–N with tert-alkyl or cyclic N) is 1. The van der Waals surface area contributed by atoms with Crippen molar-refractivity contribution in [1.29, 1.82) is 0 Å². The summed E-state index contributed by atoms with van der Waals surface area (Å²) in [4.78, 5) is 13.9. The van der Waals surface area contributed by atoms with Gasteiger partial charge < -0.3 is 10.0 Å². The first kappa shape index (κ1) is 12.9. The molecule has 1 saturated heterocycles. The van der Waals surface area contributed by atoms with Gasteiger partial charge in [-0.3, -0.25) is 4.79 Å². The Morgan fingerprint density at radius 2 is 2.29 bits per heavy atom. The third kappa shape index (κ3) is 2.64. The van der Waals surface area contributed by atoms with Crippen LogP contribution in [-0.4, -0.2) is 34.6 Å². The van der Waals surface area contributed by atoms with Crippen LogP contribution in [0.2, 0.25) is 5.02 Å². The summed E-state index contributed by atoms with van der Waals surface area (Å²) in [6.45, 7) is 2.34. The Bertz CT molecular complexity index is 452. The molecule has 1 fully saturated rings. The molecule has 1 aliphatic heterocycles. The van der Waals surface area contributed by atoms with Gasteiger partial charge in [-0.25, -0.2) is 0 Å². The number of halogens is 2. The summed E-state index contributed by atoms with van der Waals surface area (Å²) >= 11 is 9.25. The van der Waals surface area contributed by atoms with Gasteiger partial charge in [-0.2, -0.15) is 0 Å². The highest BCUT2D eigenvalue weighted by atomic mass is 79.9. The molecule has 1 heterocycles. The molecule has 5 heteroatoms. The molecule has 3 nitrogen and oxygen atoms in total. The van der Waals surface area contributed by atoms with Gasteiger partial charge in [-0.05, 0) is 47.5 Å². The molecule has 1 amide bonds. The Balaban J connectivity index is 2.22. The minimum Gasteiger partial charge on any atom is -0.391 e. The molecule has 1 aromatic carbocycles. The van der Waals surface area contributed by atoms with Crippen LogP contribution >= 0.6 is 27.5 Å². The van der Waals surface area contributed by atoms with E-state index in [0.717, 1.165) is 4.47 Å². The van der Waals surface area contributed by atoms with Crippen molar-refractivity contribution in [1.82, 2.24) is 4.90 Å². The van der Waals surface area contributed by atoms with Crippen molar-refractivity contribution >= 4 is 33.4 Å². The predicted octanol–water partition coefficient (Wildman–Crippen LogP) is 2.70. The summed E-state index contributed by atoms with van der Waals surface area (Å²) in [6, 6.07) is 5.20. The SMILES string of the molecule is CC1CC(O)CN1C(=O)c1ccc(Br)c(Cl)c1. The third-order valence-electron chi connectivity index (χ3n) is 2.98. The first-order valence-electron chi connectivity index (χ1n) is 5.43. The number of carbonyl (C=O) groups excluding carboxylic acids is 1. The van der Waals surface area contributed by atoms with Gasteiger partial charge in [0.1, 0.15) is 0 Å². The van der Waals surface area contributed by atoms with Gasteiger partial charge in [0.05, 0.1) is 11.1 Å². The van der Waals surface area contributed by atoms with E-state index in [9.17, 15) is 9.90 Å². The van der Waals surface area contributed by atoms with Crippen molar-refractivity contribution in [3.05, 3.63) is 33.3 Å². The van der Waals surface area contributed by atoms with E-state index in [2.05, 4.69) is 15.9 Å². The molecule has 0 aliphatic carbocycles. The fraction of sp³-hybridized carbons (Fsp3) is 0.417. The molecule has 0 aromatic heterocycles. The first-order chi connectivity index (χ1) is 7.99. The molecule has 1 aliphatic rings. The smallest absolute Gasteiger partial charge is 0.254 e. The monoisotopic (exact) mass is 317 g/mol. The largest absolute Gasteiger partial charge is 0.391 e. The highest BCUT2D eigenvalue weighted by Crippen LogP contribution is 2.26. The molecule has 2 rings (SSSR count). The van der Waals surface area contributed by atoms with Gasteiger partial charge >= 0.3 is 0 Å². The van der Waals surface area contributed by atoms with Crippen LogP contribution in [0.25, 0.3) is 0 Å². The summed E-state index contributed by atoms with van der Waals surface area (Å²) in [6.07, 6.45) is 0.218. The summed E-state index contributed by atoms with van der Waals surface area (Å²) in [5.41, 5.74) is 0.555. The lowest BCUT2D eigenvalue weighted by atomic mass is 10.2. The minimum absolute atomic E-state index is 0.0694. The molecular formula is C12H13BrClNO2. The van der Waals surface area contributed by atoms with Crippen LogP contribution in [0.4, 0.5) is 0 Å². The van der Waals surface area contributed by atoms with Crippen molar-refractivity contribution in [3.8, 4) is 0 Å². The van der Waals surface area contributed by atoms with E-state index in [4.69, 9.17) is 11.6 Å². The Morgan fingerprint density at radius 3 is 2.82 bits per heavy atom. The lowest BCUT2D eigenvalue weighted by Gasteiger charge is -2.21. The van der Waals surface area contributed by atoms with Crippen LogP contribution in [0, 0.1) is 0 Å². The molecule has 2 atom stereocenters. The number of hydrogen-bond acceptors (Lipinski definition) is 2. The second-order valence-electron chi connectivity index (χ2n) is 4.32. The molecule has 1 aromatic rings. The maximum absolute atomic E-state index is 12.2. The molecule has 17 heavy (non-hydrogen) atoms. The van der Waals surface area contributed by atoms with E-state index in [1.54, 1.807) is 23.1 Å². The Morgan fingerprint density at radius 1 is 1.59 bits per heavy atom. The fourth-order valence-electron chi connectivity index (χ4n) is 2.08. The first-order valence-corrected chi connectivity index (χ1v) is 6.60. The Kier molecular flexibility index (Phi) is 3.76. The van der Waals surface area contributed by atoms with Gasteiger partial charge in [0.15, 0.2) is 0 Å². The van der Waals surface area contributed by atoms with Crippen LogP contribution in [-0.2, 0) is 0 Å². The van der Waals surface area contributed by atoms with Crippen LogP contribution in [0.1, 0.15) is 23.7 Å². The Labute approximate surface area is 114 Å². The van der Waals surface area contributed by atoms with Crippen molar-refractivity contribution in [2.24, 2.45) is 0 Å². The van der Waals surface area contributed by atoms with E-state index in [0.29, 0.717) is 23.6 Å². The van der Waals surface area contributed by atoms with Crippen molar-refractivity contribution in [2.45, 2.75) is 25.5 Å². The number of aliphatic hydroxyl groups excluding tert-OH is 1. The van der Waals surface area contributed by atoms with Crippen LogP contribution < -0.4 is 0 Å². The number of likely N-dealkylation sites (tertiary alicyclic amines) is 1. The molecule has 1 N–H and O–H groups in total. The average molecular weight is 319 g/mol. The summed E-state index contributed by atoms with van der Waals surface area (Å²) in [5, 5.41) is 10.1. The highest BCUT2D eigenvalue weighted by molar-refractivity contribution is 9.10. The number of amides is 1. The summed E-state index contributed by atoms with van der Waals surface area (Å²) < 4.78 is 0.769. The van der Waals surface area contributed by atoms with Crippen LogP contribution in [0.15, 0.2) is 22.7 Å². The van der Waals surface area contributed by atoms with E-state index in [1.807, 2.05) is 6.92 Å². The minimum atomic E-state index is -0.417. The zero-order valence-electron chi connectivity index (χ0n) is 9.36. The lowest BCUT2D eigenvalue weighted by Crippen LogP contribution is -2.34. The summed E-state index contributed by atoms with van der Waals surface area (Å²) in [7, 11) is 0. The molecule has 0 radical (unpaired) electrons. The van der Waals surface area contributed by atoms with E-state index in [-0.39, 0.29) is 11.9 Å². The van der Waals surface area contributed by atoms with Gasteiger partial charge in [-0.1, -0.05) is 11.6 Å². The third-order valence-corrected chi connectivity index (χ3v) is 4.21. The lowest BCUT2D eigenvalue weighted by molar-refractivity contribution is 0.0726. The zero-order valence-corrected chi connectivity index (χ0v) is 11.7. The molecular weight excluding hydrogens is 305 g/mol. The molecule has 0 spiro atoms. The predicted molar refractivity (Wildman–Crippen MR) is 70.3 cm³/mol. The number of benzene rings is 1. The standard InChI is InChI=1S/C12H13BrClNO2/c1-7-4-9(16)6-15(7)12(17)8-2-3-10(13)11(14)5-8/h2-3,5,7,9,16H,4,6H2,1H3. The average Bonchev–Trinajstić information content (AvgIpc) is 2.61.